The molecule has 1 rings (SSSR count). The van der Waals surface area contributed by atoms with Gasteiger partial charge in [-0.15, -0.1) is 0 Å². The molecule has 1 aromatic rings. The molecule has 0 unspecified atom stereocenters. The topological polar surface area (TPSA) is 93.5 Å². The first kappa shape index (κ1) is 13.2. The molecule has 0 radical (unpaired) electrons. The Hall–Kier alpha value is -1.89. The maximum absolute atomic E-state index is 11.5. The Bertz CT molecular complexity index is 414. The summed E-state index contributed by atoms with van der Waals surface area (Å²) in [4.78, 5) is 23.0. The number of amides is 1. The third-order valence-electron chi connectivity index (χ3n) is 1.99. The normalized spacial score (nSPS) is 10.1. The van der Waals surface area contributed by atoms with Crippen LogP contribution in [0.15, 0.2) is 6.07 Å². The molecular weight excluding hydrogens is 226 g/mol. The van der Waals surface area contributed by atoms with Gasteiger partial charge in [-0.1, -0.05) is 0 Å². The van der Waals surface area contributed by atoms with Crippen molar-refractivity contribution in [2.24, 2.45) is 7.05 Å². The first-order valence-electron chi connectivity index (χ1n) is 5.20. The highest BCUT2D eigenvalue weighted by Crippen LogP contribution is 2.05. The Morgan fingerprint density at radius 1 is 1.59 bits per heavy atom. The third kappa shape index (κ3) is 3.28. The van der Waals surface area contributed by atoms with E-state index in [0.717, 1.165) is 0 Å². The van der Waals surface area contributed by atoms with Crippen LogP contribution in [0.1, 0.15) is 27.9 Å². The van der Waals surface area contributed by atoms with E-state index < -0.39 is 11.9 Å². The van der Waals surface area contributed by atoms with Crippen molar-refractivity contribution >= 4 is 11.9 Å². The summed E-state index contributed by atoms with van der Waals surface area (Å²) in [6, 6.07) is 1.35. The molecule has 1 amide bonds. The van der Waals surface area contributed by atoms with Crippen LogP contribution in [0.3, 0.4) is 0 Å². The number of carbonyl (C=O) groups is 2. The minimum atomic E-state index is -0.524. The molecule has 0 saturated carbocycles. The number of nitrogens with zero attached hydrogens (tertiary/aromatic N) is 2. The van der Waals surface area contributed by atoms with Gasteiger partial charge in [-0.25, -0.2) is 4.79 Å². The predicted octanol–water partition coefficient (Wildman–Crippen LogP) is -0.681. The molecule has 7 nitrogen and oxygen atoms in total. The molecule has 17 heavy (non-hydrogen) atoms. The van der Waals surface area contributed by atoms with Gasteiger partial charge in [0.25, 0.3) is 5.91 Å². The van der Waals surface area contributed by atoms with E-state index in [-0.39, 0.29) is 31.1 Å². The molecule has 0 spiro atoms. The van der Waals surface area contributed by atoms with E-state index in [1.165, 1.54) is 10.7 Å². The van der Waals surface area contributed by atoms with Gasteiger partial charge in [-0.3, -0.25) is 9.48 Å². The second-order valence-electron chi connectivity index (χ2n) is 3.24. The lowest BCUT2D eigenvalue weighted by Crippen LogP contribution is -2.26. The molecule has 0 aromatic carbocycles. The van der Waals surface area contributed by atoms with Crippen molar-refractivity contribution in [2.75, 3.05) is 19.8 Å². The van der Waals surface area contributed by atoms with Gasteiger partial charge in [-0.2, -0.15) is 5.10 Å². The molecule has 2 N–H and O–H groups in total. The molecule has 7 heteroatoms. The van der Waals surface area contributed by atoms with Gasteiger partial charge in [0.05, 0.1) is 13.2 Å². The number of ether oxygens (including phenoxy) is 1. The quantitative estimate of drug-likeness (QED) is 0.666. The Morgan fingerprint density at radius 2 is 2.29 bits per heavy atom. The average Bonchev–Trinajstić information content (AvgIpc) is 2.68. The van der Waals surface area contributed by atoms with Gasteiger partial charge in [-0.05, 0) is 6.92 Å². The van der Waals surface area contributed by atoms with Crippen LogP contribution in [0.5, 0.6) is 0 Å². The molecule has 1 heterocycles. The monoisotopic (exact) mass is 241 g/mol. The highest BCUT2D eigenvalue weighted by molar-refractivity contribution is 5.95. The second kappa shape index (κ2) is 6.00. The van der Waals surface area contributed by atoms with Crippen molar-refractivity contribution < 1.29 is 19.4 Å². The van der Waals surface area contributed by atoms with Crippen LogP contribution < -0.4 is 5.32 Å². The van der Waals surface area contributed by atoms with Crippen LogP contribution >= 0.6 is 0 Å². The summed E-state index contributed by atoms with van der Waals surface area (Å²) in [5.41, 5.74) is 0.324. The Balaban J connectivity index is 2.80. The van der Waals surface area contributed by atoms with Gasteiger partial charge >= 0.3 is 5.97 Å². The highest BCUT2D eigenvalue weighted by Gasteiger charge is 2.17. The summed E-state index contributed by atoms with van der Waals surface area (Å²) in [6.07, 6.45) is 0. The van der Waals surface area contributed by atoms with Crippen molar-refractivity contribution in [1.82, 2.24) is 15.1 Å². The first-order chi connectivity index (χ1) is 8.10. The zero-order chi connectivity index (χ0) is 12.8. The second-order valence-corrected chi connectivity index (χ2v) is 3.24. The number of aryl methyl sites for hydroxylation is 1. The van der Waals surface area contributed by atoms with Crippen LogP contribution in [0.25, 0.3) is 0 Å². The standard InChI is InChI=1S/C10H15N3O4/c1-3-17-10(16)8-6-7(12-13(8)2)9(15)11-4-5-14/h6,14H,3-5H2,1-2H3,(H,11,15). The van der Waals surface area contributed by atoms with Gasteiger partial charge in [0.1, 0.15) is 5.69 Å². The van der Waals surface area contributed by atoms with Crippen molar-refractivity contribution in [1.29, 1.82) is 0 Å². The van der Waals surface area contributed by atoms with Crippen LogP contribution in [-0.2, 0) is 11.8 Å². The molecule has 0 atom stereocenters. The predicted molar refractivity (Wildman–Crippen MR) is 58.6 cm³/mol. The molecule has 0 aliphatic rings. The van der Waals surface area contributed by atoms with Crippen LogP contribution in [0.2, 0.25) is 0 Å². The zero-order valence-corrected chi connectivity index (χ0v) is 9.77. The fourth-order valence-electron chi connectivity index (χ4n) is 1.23. The van der Waals surface area contributed by atoms with Crippen molar-refractivity contribution in [3.63, 3.8) is 0 Å². The number of carbonyl (C=O) groups excluding carboxylic acids is 2. The largest absolute Gasteiger partial charge is 0.461 e. The lowest BCUT2D eigenvalue weighted by molar-refractivity contribution is 0.0513. The van der Waals surface area contributed by atoms with Crippen LogP contribution in [-0.4, -0.2) is 46.5 Å². The van der Waals surface area contributed by atoms with Crippen molar-refractivity contribution in [2.45, 2.75) is 6.92 Å². The van der Waals surface area contributed by atoms with E-state index in [2.05, 4.69) is 10.4 Å². The zero-order valence-electron chi connectivity index (χ0n) is 9.77. The molecule has 0 aliphatic heterocycles. The molecule has 0 aliphatic carbocycles. The maximum atomic E-state index is 11.5. The van der Waals surface area contributed by atoms with Gasteiger partial charge in [0.2, 0.25) is 0 Å². The Labute approximate surface area is 98.4 Å². The number of esters is 1. The lowest BCUT2D eigenvalue weighted by Gasteiger charge is -1.99. The van der Waals surface area contributed by atoms with E-state index in [0.29, 0.717) is 0 Å². The van der Waals surface area contributed by atoms with E-state index in [9.17, 15) is 9.59 Å². The van der Waals surface area contributed by atoms with Crippen LogP contribution in [0, 0.1) is 0 Å². The van der Waals surface area contributed by atoms with Gasteiger partial charge < -0.3 is 15.2 Å². The number of rotatable bonds is 5. The summed E-state index contributed by atoms with van der Waals surface area (Å²) >= 11 is 0. The summed E-state index contributed by atoms with van der Waals surface area (Å²) in [7, 11) is 1.55. The van der Waals surface area contributed by atoms with E-state index in [1.807, 2.05) is 0 Å². The Morgan fingerprint density at radius 3 is 2.88 bits per heavy atom. The number of hydrogen-bond acceptors (Lipinski definition) is 5. The van der Waals surface area contributed by atoms with Crippen LogP contribution in [0.4, 0.5) is 0 Å². The average molecular weight is 241 g/mol. The summed E-state index contributed by atoms with van der Waals surface area (Å²) in [5.74, 6) is -0.964. The van der Waals surface area contributed by atoms with Gasteiger partial charge in [0, 0.05) is 19.7 Å². The maximum Gasteiger partial charge on any atom is 0.356 e. The van der Waals surface area contributed by atoms with Crippen molar-refractivity contribution in [3.05, 3.63) is 17.5 Å². The molecule has 0 bridgehead atoms. The molecule has 0 fully saturated rings. The summed E-state index contributed by atoms with van der Waals surface area (Å²) < 4.78 is 6.10. The fraction of sp³-hybridized carbons (Fsp3) is 0.500. The molecule has 94 valence electrons. The number of aromatic nitrogens is 2. The minimum Gasteiger partial charge on any atom is -0.461 e. The first-order valence-corrected chi connectivity index (χ1v) is 5.20. The number of nitrogens with one attached hydrogen (secondary N) is 1. The van der Waals surface area contributed by atoms with Gasteiger partial charge in [0.15, 0.2) is 5.69 Å². The fourth-order valence-corrected chi connectivity index (χ4v) is 1.23. The lowest BCUT2D eigenvalue weighted by atomic mass is 10.3. The minimum absolute atomic E-state index is 0.115. The van der Waals surface area contributed by atoms with Crippen molar-refractivity contribution in [3.8, 4) is 0 Å². The summed E-state index contributed by atoms with van der Waals surface area (Å²) in [6.45, 7) is 1.95. The smallest absolute Gasteiger partial charge is 0.356 e. The number of aliphatic hydroxyl groups excluding tert-OH is 1. The Kier molecular flexibility index (Phi) is 4.65. The third-order valence-corrected chi connectivity index (χ3v) is 1.99. The van der Waals surface area contributed by atoms with E-state index in [4.69, 9.17) is 9.84 Å². The molecular formula is C10H15N3O4. The molecule has 0 saturated heterocycles. The number of aliphatic hydroxyl groups is 1. The highest BCUT2D eigenvalue weighted by atomic mass is 16.5. The van der Waals surface area contributed by atoms with E-state index in [1.54, 1.807) is 14.0 Å². The SMILES string of the molecule is CCOC(=O)c1cc(C(=O)NCCO)nn1C. The summed E-state index contributed by atoms with van der Waals surface area (Å²) in [5, 5.41) is 14.9. The molecule has 1 aromatic heterocycles. The van der Waals surface area contributed by atoms with E-state index >= 15 is 0 Å². The number of hydrogen-bond donors (Lipinski definition) is 2.